The first-order valence-corrected chi connectivity index (χ1v) is 5.22. The molecule has 0 aliphatic rings. The highest BCUT2D eigenvalue weighted by molar-refractivity contribution is 7.16. The number of hydrogen-bond acceptors (Lipinski definition) is 3. The van der Waals surface area contributed by atoms with E-state index in [0.717, 1.165) is 18.4 Å². The number of thiazole rings is 1. The second-order valence-corrected chi connectivity index (χ2v) is 3.83. The van der Waals surface area contributed by atoms with Crippen LogP contribution in [0.2, 0.25) is 0 Å². The summed E-state index contributed by atoms with van der Waals surface area (Å²) in [7, 11) is 0. The van der Waals surface area contributed by atoms with E-state index in [2.05, 4.69) is 17.1 Å². The summed E-state index contributed by atoms with van der Waals surface area (Å²) in [5.41, 5.74) is 4.21. The van der Waals surface area contributed by atoms with Gasteiger partial charge in [0, 0.05) is 6.61 Å². The van der Waals surface area contributed by atoms with Crippen molar-refractivity contribution in [3.8, 4) is 0 Å². The van der Waals surface area contributed by atoms with Crippen molar-refractivity contribution < 1.29 is 5.11 Å². The molecule has 2 aromatic rings. The van der Waals surface area contributed by atoms with E-state index in [-0.39, 0.29) is 6.61 Å². The molecule has 3 heteroatoms. The molecule has 2 rings (SSSR count). The number of aryl methyl sites for hydroxylation is 1. The molecule has 0 aliphatic carbocycles. The molecule has 2 nitrogen and oxygen atoms in total. The standard InChI is InChI=1S/C10H11NOS/c12-6-2-4-8-3-1-5-9-10(8)11-7-13-9/h1,3,5,7,12H,2,4,6H2. The Hall–Kier alpha value is -0.930. The Balaban J connectivity index is 2.37. The van der Waals surface area contributed by atoms with Crippen molar-refractivity contribution in [2.24, 2.45) is 0 Å². The molecule has 1 aromatic heterocycles. The van der Waals surface area contributed by atoms with Crippen molar-refractivity contribution in [1.82, 2.24) is 4.98 Å². The second kappa shape index (κ2) is 3.85. The van der Waals surface area contributed by atoms with Crippen LogP contribution in [0.1, 0.15) is 12.0 Å². The van der Waals surface area contributed by atoms with E-state index in [0.29, 0.717) is 0 Å². The minimum atomic E-state index is 0.251. The summed E-state index contributed by atoms with van der Waals surface area (Å²) < 4.78 is 1.23. The van der Waals surface area contributed by atoms with Gasteiger partial charge in [0.1, 0.15) is 0 Å². The van der Waals surface area contributed by atoms with Crippen LogP contribution in [0.25, 0.3) is 10.2 Å². The van der Waals surface area contributed by atoms with Crippen LogP contribution in [0, 0.1) is 0 Å². The minimum Gasteiger partial charge on any atom is -0.396 e. The third-order valence-corrected chi connectivity index (χ3v) is 2.84. The zero-order chi connectivity index (χ0) is 9.10. The van der Waals surface area contributed by atoms with Crippen LogP contribution in [-0.2, 0) is 6.42 Å². The molecule has 0 saturated heterocycles. The number of benzene rings is 1. The first kappa shape index (κ1) is 8.66. The van der Waals surface area contributed by atoms with Crippen LogP contribution >= 0.6 is 11.3 Å². The fourth-order valence-corrected chi connectivity index (χ4v) is 2.14. The van der Waals surface area contributed by atoms with Crippen LogP contribution in [0.5, 0.6) is 0 Å². The Morgan fingerprint density at radius 3 is 3.15 bits per heavy atom. The molecule has 1 N–H and O–H groups in total. The van der Waals surface area contributed by atoms with Gasteiger partial charge in [-0.25, -0.2) is 4.98 Å². The molecule has 1 heterocycles. The van der Waals surface area contributed by atoms with E-state index in [1.54, 1.807) is 11.3 Å². The molecule has 0 fully saturated rings. The first-order chi connectivity index (χ1) is 6.42. The Morgan fingerprint density at radius 1 is 1.38 bits per heavy atom. The summed E-state index contributed by atoms with van der Waals surface area (Å²) in [4.78, 5) is 4.31. The summed E-state index contributed by atoms with van der Waals surface area (Å²) in [6, 6.07) is 6.21. The summed E-state index contributed by atoms with van der Waals surface area (Å²) in [6.07, 6.45) is 1.73. The van der Waals surface area contributed by atoms with E-state index >= 15 is 0 Å². The zero-order valence-electron chi connectivity index (χ0n) is 7.23. The number of nitrogens with zero attached hydrogens (tertiary/aromatic N) is 1. The molecule has 0 spiro atoms. The van der Waals surface area contributed by atoms with Gasteiger partial charge in [0.15, 0.2) is 0 Å². The van der Waals surface area contributed by atoms with Crippen molar-refractivity contribution >= 4 is 21.6 Å². The van der Waals surface area contributed by atoms with Crippen molar-refractivity contribution in [3.63, 3.8) is 0 Å². The molecule has 13 heavy (non-hydrogen) atoms. The lowest BCUT2D eigenvalue weighted by Gasteiger charge is -1.99. The summed E-state index contributed by atoms with van der Waals surface area (Å²) in [6.45, 7) is 0.251. The van der Waals surface area contributed by atoms with Crippen LogP contribution < -0.4 is 0 Å². The van der Waals surface area contributed by atoms with Crippen molar-refractivity contribution in [3.05, 3.63) is 29.3 Å². The van der Waals surface area contributed by atoms with Gasteiger partial charge in [-0.1, -0.05) is 12.1 Å². The lowest BCUT2D eigenvalue weighted by molar-refractivity contribution is 0.289. The van der Waals surface area contributed by atoms with E-state index in [4.69, 9.17) is 5.11 Å². The number of para-hydroxylation sites is 1. The second-order valence-electron chi connectivity index (χ2n) is 2.94. The van der Waals surface area contributed by atoms with Crippen LogP contribution in [-0.4, -0.2) is 16.7 Å². The van der Waals surface area contributed by atoms with Crippen molar-refractivity contribution in [1.29, 1.82) is 0 Å². The first-order valence-electron chi connectivity index (χ1n) is 4.34. The number of rotatable bonds is 3. The maximum absolute atomic E-state index is 8.73. The number of hydrogen-bond donors (Lipinski definition) is 1. The van der Waals surface area contributed by atoms with Crippen molar-refractivity contribution in [2.45, 2.75) is 12.8 Å². The molecule has 0 radical (unpaired) electrons. The number of fused-ring (bicyclic) bond motifs is 1. The van der Waals surface area contributed by atoms with Crippen LogP contribution in [0.4, 0.5) is 0 Å². The zero-order valence-corrected chi connectivity index (χ0v) is 8.05. The lowest BCUT2D eigenvalue weighted by atomic mass is 10.1. The molecule has 1 aromatic carbocycles. The highest BCUT2D eigenvalue weighted by Gasteiger charge is 2.01. The quantitative estimate of drug-likeness (QED) is 0.810. The van der Waals surface area contributed by atoms with Gasteiger partial charge in [0.25, 0.3) is 0 Å². The third kappa shape index (κ3) is 1.71. The van der Waals surface area contributed by atoms with Gasteiger partial charge in [0.05, 0.1) is 15.7 Å². The molecule has 0 atom stereocenters. The smallest absolute Gasteiger partial charge is 0.0843 e. The topological polar surface area (TPSA) is 33.1 Å². The van der Waals surface area contributed by atoms with Gasteiger partial charge in [0.2, 0.25) is 0 Å². The minimum absolute atomic E-state index is 0.251. The maximum atomic E-state index is 8.73. The fraction of sp³-hybridized carbons (Fsp3) is 0.300. The monoisotopic (exact) mass is 193 g/mol. The largest absolute Gasteiger partial charge is 0.396 e. The van der Waals surface area contributed by atoms with Gasteiger partial charge < -0.3 is 5.11 Å². The average Bonchev–Trinajstić information content (AvgIpc) is 2.62. The highest BCUT2D eigenvalue weighted by atomic mass is 32.1. The average molecular weight is 193 g/mol. The number of aromatic nitrogens is 1. The summed E-state index contributed by atoms with van der Waals surface area (Å²) >= 11 is 1.66. The van der Waals surface area contributed by atoms with Gasteiger partial charge in [-0.15, -0.1) is 11.3 Å². The van der Waals surface area contributed by atoms with Crippen molar-refractivity contribution in [2.75, 3.05) is 6.61 Å². The molecule has 0 saturated carbocycles. The Bertz CT molecular complexity index is 396. The molecular weight excluding hydrogens is 182 g/mol. The van der Waals surface area contributed by atoms with Gasteiger partial charge >= 0.3 is 0 Å². The molecule has 0 aliphatic heterocycles. The lowest BCUT2D eigenvalue weighted by Crippen LogP contribution is -1.90. The summed E-state index contributed by atoms with van der Waals surface area (Å²) in [5.74, 6) is 0. The van der Waals surface area contributed by atoms with Gasteiger partial charge in [-0.05, 0) is 24.5 Å². The van der Waals surface area contributed by atoms with Crippen LogP contribution in [0.15, 0.2) is 23.7 Å². The third-order valence-electron chi connectivity index (χ3n) is 2.05. The van der Waals surface area contributed by atoms with Gasteiger partial charge in [-0.3, -0.25) is 0 Å². The Labute approximate surface area is 80.9 Å². The van der Waals surface area contributed by atoms with E-state index in [1.807, 2.05) is 11.6 Å². The number of aliphatic hydroxyl groups is 1. The molecule has 0 bridgehead atoms. The van der Waals surface area contributed by atoms with E-state index in [9.17, 15) is 0 Å². The van der Waals surface area contributed by atoms with E-state index in [1.165, 1.54) is 10.3 Å². The molecule has 68 valence electrons. The number of aliphatic hydroxyl groups excluding tert-OH is 1. The van der Waals surface area contributed by atoms with Crippen LogP contribution in [0.3, 0.4) is 0 Å². The Kier molecular flexibility index (Phi) is 2.57. The SMILES string of the molecule is OCCCc1cccc2scnc12. The predicted molar refractivity (Wildman–Crippen MR) is 55.0 cm³/mol. The van der Waals surface area contributed by atoms with E-state index < -0.39 is 0 Å². The predicted octanol–water partition coefficient (Wildman–Crippen LogP) is 2.22. The van der Waals surface area contributed by atoms with Gasteiger partial charge in [-0.2, -0.15) is 0 Å². The normalized spacial score (nSPS) is 10.8. The Morgan fingerprint density at radius 2 is 2.31 bits per heavy atom. The maximum Gasteiger partial charge on any atom is 0.0843 e. The molecule has 0 unspecified atom stereocenters. The summed E-state index contributed by atoms with van der Waals surface area (Å²) in [5, 5.41) is 8.73. The molecule has 0 amide bonds. The molecular formula is C10H11NOS. The highest BCUT2D eigenvalue weighted by Crippen LogP contribution is 2.21. The fourth-order valence-electron chi connectivity index (χ4n) is 1.42.